The molecule has 3 aliphatic carbocycles. The summed E-state index contributed by atoms with van der Waals surface area (Å²) in [5, 5.41) is 10.4. The summed E-state index contributed by atoms with van der Waals surface area (Å²) in [6.07, 6.45) is 47.3. The number of nitrogens with one attached hydrogen (secondary N) is 3. The molecular formula is C112H233N15. The molecule has 11 aliphatic heterocycles. The molecule has 0 radical (unpaired) electrons. The van der Waals surface area contributed by atoms with Gasteiger partial charge in [0.2, 0.25) is 0 Å². The molecule has 756 valence electrons. The summed E-state index contributed by atoms with van der Waals surface area (Å²) in [5.41, 5.74) is 5.04. The maximum absolute atomic E-state index is 3.53. The molecule has 14 rings (SSSR count). The van der Waals surface area contributed by atoms with Crippen molar-refractivity contribution in [1.82, 2.24) is 74.7 Å². The van der Waals surface area contributed by atoms with Gasteiger partial charge in [-0.15, -0.1) is 0 Å². The van der Waals surface area contributed by atoms with Crippen molar-refractivity contribution in [1.29, 1.82) is 0 Å². The minimum atomic E-state index is 0. The van der Waals surface area contributed by atoms with Crippen LogP contribution in [0.3, 0.4) is 0 Å². The van der Waals surface area contributed by atoms with Crippen molar-refractivity contribution in [2.45, 2.75) is 527 Å². The maximum Gasteiger partial charge on any atom is 0.0508 e. The number of piperazine rings is 1. The molecular weight excluding hydrogens is 1560 g/mol. The molecule has 11 saturated heterocycles. The van der Waals surface area contributed by atoms with Crippen molar-refractivity contribution >= 4 is 0 Å². The molecule has 14 fully saturated rings. The fourth-order valence-corrected chi connectivity index (χ4v) is 22.7. The Labute approximate surface area is 797 Å². The quantitative estimate of drug-likeness (QED) is 0.194. The fourth-order valence-electron chi connectivity index (χ4n) is 22.7. The van der Waals surface area contributed by atoms with E-state index in [1.54, 1.807) is 0 Å². The van der Waals surface area contributed by atoms with Gasteiger partial charge in [0.15, 0.2) is 0 Å². The topological polar surface area (TPSA) is 75.0 Å². The molecule has 15 nitrogen and oxygen atoms in total. The highest BCUT2D eigenvalue weighted by atomic mass is 15.4. The Balaban J connectivity index is 0.000000296. The number of hydrogen-bond acceptors (Lipinski definition) is 15. The van der Waals surface area contributed by atoms with Crippen LogP contribution >= 0.6 is 0 Å². The predicted octanol–water partition coefficient (Wildman–Crippen LogP) is 24.7. The molecule has 11 heterocycles. The van der Waals surface area contributed by atoms with E-state index in [2.05, 4.69) is 324 Å². The highest BCUT2D eigenvalue weighted by molar-refractivity contribution is 5.03. The first kappa shape index (κ1) is 119. The van der Waals surface area contributed by atoms with Crippen LogP contribution in [0, 0.1) is 34.5 Å². The standard InChI is InChI=1S/2C13H25N.C12H25N.C11H25N3.C11H24N2.C11H23N.C10H20N2.C10H22N2.C10H19N.C10H21N.CH4/c1-12(2,3)14-10-8-13(9-11-14)6-4-5-7-13;1-12(2,3)14-10-9-13(11-14)7-5-4-6-8-13;1-5-6-11-7-9-13(10-8-11)12(2,3)4;1-11(2,3)13-9-14-7-5-10(12-4)6-8-14;1-11(2,3)12(4)10-13-8-6-5-7-9-13;1-5-10-6-8-12(9-7-10)11(2,3)4;1-10(2,3)12-7-8-5-9(12)6-11(8)4;1-10(2,3)11-9-12-7-5-4-6-8-12;1-10(2,3)11-7-8-4-5-9(11)6-8;1-9-5-7-11(8-6-9)10(2,3)4;/h2*4-11H2,1-3H3;11H,5-10H2,1-4H3;10,12-13H,5-9H2,1-4H3;5-10H2,1-4H3;10H,5-9H2,1-4H3;8-9H,5-7H2,1-4H3;11H,4-9H2,1-3H3;8-9H,4-7H2,1-3H3;9H,5-8H2,1-4H3;1H4. The van der Waals surface area contributed by atoms with Gasteiger partial charge in [-0.25, -0.2) is 0 Å². The van der Waals surface area contributed by atoms with E-state index < -0.39 is 0 Å². The summed E-state index contributed by atoms with van der Waals surface area (Å²) < 4.78 is 0. The Morgan fingerprint density at radius 2 is 0.724 bits per heavy atom. The van der Waals surface area contributed by atoms with Crippen molar-refractivity contribution < 1.29 is 0 Å². The molecule has 15 heteroatoms. The van der Waals surface area contributed by atoms with Gasteiger partial charge in [0, 0.05) is 132 Å². The Morgan fingerprint density at radius 3 is 1.07 bits per heavy atom. The molecule has 0 amide bonds. The number of piperidine rings is 8. The van der Waals surface area contributed by atoms with Gasteiger partial charge in [0.1, 0.15) is 0 Å². The number of likely N-dealkylation sites (tertiary alicyclic amines) is 11. The number of hydrogen-bond donors (Lipinski definition) is 3. The molecule has 127 heavy (non-hydrogen) atoms. The van der Waals surface area contributed by atoms with E-state index in [9.17, 15) is 0 Å². The average Bonchev–Trinajstić information content (AvgIpc) is 1.61. The Hall–Kier alpha value is -0.600. The van der Waals surface area contributed by atoms with E-state index in [-0.39, 0.29) is 18.5 Å². The molecule has 0 aromatic heterocycles. The van der Waals surface area contributed by atoms with Crippen LogP contribution in [0.1, 0.15) is 448 Å². The molecule has 4 bridgehead atoms. The van der Waals surface area contributed by atoms with E-state index in [4.69, 9.17) is 0 Å². The van der Waals surface area contributed by atoms with Gasteiger partial charge in [0.05, 0.1) is 6.67 Å². The number of nitrogens with zero attached hydrogens (tertiary/aromatic N) is 12. The lowest BCUT2D eigenvalue weighted by Crippen LogP contribution is -2.52. The summed E-state index contributed by atoms with van der Waals surface area (Å²) in [5.74, 6) is 4.01. The van der Waals surface area contributed by atoms with E-state index in [1.165, 1.54) is 336 Å². The molecule has 2 spiro atoms. The minimum Gasteiger partial charge on any atom is -0.317 e. The van der Waals surface area contributed by atoms with Crippen molar-refractivity contribution in [2.24, 2.45) is 34.5 Å². The first-order chi connectivity index (χ1) is 58.3. The van der Waals surface area contributed by atoms with Crippen LogP contribution in [0.25, 0.3) is 0 Å². The van der Waals surface area contributed by atoms with Crippen LogP contribution in [0.4, 0.5) is 0 Å². The lowest BCUT2D eigenvalue weighted by molar-refractivity contribution is 0.0455. The van der Waals surface area contributed by atoms with Crippen molar-refractivity contribution in [2.75, 3.05) is 165 Å². The third-order valence-corrected chi connectivity index (χ3v) is 32.6. The van der Waals surface area contributed by atoms with Gasteiger partial charge < -0.3 is 10.2 Å². The van der Waals surface area contributed by atoms with Crippen LogP contribution in [0.15, 0.2) is 0 Å². The highest BCUT2D eigenvalue weighted by Gasteiger charge is 2.47. The zero-order chi connectivity index (χ0) is 94.6. The van der Waals surface area contributed by atoms with Gasteiger partial charge in [-0.2, -0.15) is 0 Å². The largest absolute Gasteiger partial charge is 0.317 e. The monoisotopic (exact) mass is 1790 g/mol. The van der Waals surface area contributed by atoms with E-state index >= 15 is 0 Å². The van der Waals surface area contributed by atoms with Gasteiger partial charge in [-0.1, -0.05) is 92.4 Å². The van der Waals surface area contributed by atoms with Gasteiger partial charge in [-0.3, -0.25) is 64.5 Å². The summed E-state index contributed by atoms with van der Waals surface area (Å²) in [4.78, 5) is 31.0. The van der Waals surface area contributed by atoms with Gasteiger partial charge in [0.25, 0.3) is 0 Å². The predicted molar refractivity (Wildman–Crippen MR) is 564 cm³/mol. The SMILES string of the molecule is C.CC(C)(C)N1CC2CCC1C2.CC(C)(C)N1CCC2(CCCC2)CC1.CC(C)(C)N1CCC2(CCCCC2)C1.CC(C)(C)NCN1CCCCC1.CC1CCN(C(C)(C)C)CC1.CCC1CCN(C(C)(C)C)CC1.CCCC1CCN(C(C)(C)C)CC1.CN(CN1CCCCC1)C(C)(C)C.CN1CC2CC1CN2C(C)(C)C.CNC1CCN(CNC(C)(C)C)CC1. The molecule has 0 aromatic rings. The van der Waals surface area contributed by atoms with Gasteiger partial charge in [-0.05, 0) is 496 Å². The third-order valence-electron chi connectivity index (χ3n) is 32.6. The normalized spacial score (nSPS) is 26.2. The molecule has 0 aromatic carbocycles. The summed E-state index contributed by atoms with van der Waals surface area (Å²) in [6.45, 7) is 104. The smallest absolute Gasteiger partial charge is 0.0508 e. The second-order valence-electron chi connectivity index (χ2n) is 53.7. The van der Waals surface area contributed by atoms with Crippen LogP contribution in [0.5, 0.6) is 0 Å². The van der Waals surface area contributed by atoms with Crippen LogP contribution < -0.4 is 16.0 Å². The number of fused-ring (bicyclic) bond motifs is 4. The average molecular weight is 1790 g/mol. The number of rotatable bonds is 10. The summed E-state index contributed by atoms with van der Waals surface area (Å²) in [6, 6.07) is 3.34. The molecule has 14 aliphatic rings. The van der Waals surface area contributed by atoms with Crippen molar-refractivity contribution in [3.63, 3.8) is 0 Å². The Kier molecular flexibility index (Phi) is 50.6. The van der Waals surface area contributed by atoms with Gasteiger partial charge >= 0.3 is 0 Å². The van der Waals surface area contributed by atoms with Crippen LogP contribution in [-0.4, -0.2) is 304 Å². The number of likely N-dealkylation sites (N-methyl/N-ethyl adjacent to an activating group) is 1. The molecule has 3 N–H and O–H groups in total. The fraction of sp³-hybridized carbons (Fsp3) is 1.00. The zero-order valence-electron chi connectivity index (χ0n) is 92.4. The third kappa shape index (κ3) is 45.3. The summed E-state index contributed by atoms with van der Waals surface area (Å²) >= 11 is 0. The minimum absolute atomic E-state index is 0. The first-order valence-electron chi connectivity index (χ1n) is 54.3. The van der Waals surface area contributed by atoms with Crippen molar-refractivity contribution in [3.05, 3.63) is 0 Å². The zero-order valence-corrected chi connectivity index (χ0v) is 92.4. The van der Waals surface area contributed by atoms with Crippen LogP contribution in [0.2, 0.25) is 0 Å². The lowest BCUT2D eigenvalue weighted by Gasteiger charge is -2.45. The Morgan fingerprint density at radius 1 is 0.346 bits per heavy atom. The van der Waals surface area contributed by atoms with E-state index in [1.807, 2.05) is 0 Å². The van der Waals surface area contributed by atoms with E-state index in [0.717, 1.165) is 78.7 Å². The van der Waals surface area contributed by atoms with Crippen molar-refractivity contribution in [3.8, 4) is 0 Å². The highest BCUT2D eigenvalue weighted by Crippen LogP contribution is 2.48. The van der Waals surface area contributed by atoms with Crippen LogP contribution in [-0.2, 0) is 0 Å². The Bertz CT molecular complexity index is 2780. The molecule has 3 saturated carbocycles. The second-order valence-corrected chi connectivity index (χ2v) is 53.7. The lowest BCUT2D eigenvalue weighted by atomic mass is 9.73. The molecule has 4 atom stereocenters. The first-order valence-corrected chi connectivity index (χ1v) is 54.3. The molecule has 4 unspecified atom stereocenters. The summed E-state index contributed by atoms with van der Waals surface area (Å²) in [7, 11) is 6.53. The second kappa shape index (κ2) is 54.1. The maximum atomic E-state index is 3.53. The van der Waals surface area contributed by atoms with E-state index in [0.29, 0.717) is 44.3 Å².